The monoisotopic (exact) mass is 355 g/mol. The van der Waals surface area contributed by atoms with Crippen LogP contribution < -0.4 is 11.1 Å². The minimum atomic E-state index is -0.329. The Labute approximate surface area is 145 Å². The zero-order chi connectivity index (χ0) is 17.0. The average molecular weight is 356 g/mol. The Morgan fingerprint density at radius 2 is 2.13 bits per heavy atom. The number of hydrogen-bond acceptors (Lipinski definition) is 4. The Morgan fingerprint density at radius 1 is 1.39 bits per heavy atom. The predicted octanol–water partition coefficient (Wildman–Crippen LogP) is 3.61. The van der Waals surface area contributed by atoms with Gasteiger partial charge in [0.25, 0.3) is 5.91 Å². The molecule has 1 aromatic heterocycles. The minimum Gasteiger partial charge on any atom is -0.446 e. The first-order valence-corrected chi connectivity index (χ1v) is 8.07. The van der Waals surface area contributed by atoms with Gasteiger partial charge in [-0.15, -0.1) is 0 Å². The highest BCUT2D eigenvalue weighted by Crippen LogP contribution is 2.21. The van der Waals surface area contributed by atoms with Crippen LogP contribution in [0, 0.1) is 5.92 Å². The van der Waals surface area contributed by atoms with Crippen LogP contribution in [0.1, 0.15) is 41.8 Å². The van der Waals surface area contributed by atoms with Gasteiger partial charge in [-0.3, -0.25) is 4.79 Å². The number of hydrogen-bond donors (Lipinski definition) is 2. The predicted molar refractivity (Wildman–Crippen MR) is 90.8 cm³/mol. The standard InChI is InChI=1S/C16H19Cl2N3O2/c1-9(2)14(19)16-21-13(8-23-16)15(22)20-6-5-10-3-4-11(17)7-12(10)18/h3-4,7-9,14H,5-6,19H2,1-2H3,(H,20,22). The molecule has 1 heterocycles. The van der Waals surface area contributed by atoms with Crippen molar-refractivity contribution < 1.29 is 9.21 Å². The van der Waals surface area contributed by atoms with Gasteiger partial charge in [-0.25, -0.2) is 4.98 Å². The molecule has 124 valence electrons. The van der Waals surface area contributed by atoms with Crippen LogP contribution in [0.25, 0.3) is 0 Å². The van der Waals surface area contributed by atoms with Crippen LogP contribution in [-0.2, 0) is 6.42 Å². The van der Waals surface area contributed by atoms with Crippen LogP contribution in [0.3, 0.4) is 0 Å². The minimum absolute atomic E-state index is 0.177. The highest BCUT2D eigenvalue weighted by Gasteiger charge is 2.19. The maximum atomic E-state index is 12.1. The zero-order valence-electron chi connectivity index (χ0n) is 13.0. The van der Waals surface area contributed by atoms with Crippen LogP contribution in [-0.4, -0.2) is 17.4 Å². The maximum Gasteiger partial charge on any atom is 0.273 e. The van der Waals surface area contributed by atoms with E-state index in [2.05, 4.69) is 10.3 Å². The molecule has 1 amide bonds. The molecule has 0 aliphatic heterocycles. The van der Waals surface area contributed by atoms with Crippen molar-refractivity contribution in [2.24, 2.45) is 11.7 Å². The summed E-state index contributed by atoms with van der Waals surface area (Å²) in [5.41, 5.74) is 7.08. The van der Waals surface area contributed by atoms with E-state index in [0.29, 0.717) is 28.9 Å². The van der Waals surface area contributed by atoms with E-state index >= 15 is 0 Å². The van der Waals surface area contributed by atoms with E-state index < -0.39 is 0 Å². The lowest BCUT2D eigenvalue weighted by atomic mass is 10.1. The van der Waals surface area contributed by atoms with Gasteiger partial charge in [-0.1, -0.05) is 43.1 Å². The summed E-state index contributed by atoms with van der Waals surface area (Å²) >= 11 is 11.9. The maximum absolute atomic E-state index is 12.1. The topological polar surface area (TPSA) is 81.1 Å². The Kier molecular flexibility index (Phi) is 6.04. The van der Waals surface area contributed by atoms with Crippen LogP contribution in [0.5, 0.6) is 0 Å². The summed E-state index contributed by atoms with van der Waals surface area (Å²) in [7, 11) is 0. The van der Waals surface area contributed by atoms with Crippen molar-refractivity contribution in [3.8, 4) is 0 Å². The molecule has 0 aliphatic rings. The fourth-order valence-corrected chi connectivity index (χ4v) is 2.46. The van der Waals surface area contributed by atoms with Crippen LogP contribution in [0.15, 0.2) is 28.9 Å². The summed E-state index contributed by atoms with van der Waals surface area (Å²) < 4.78 is 5.27. The van der Waals surface area contributed by atoms with Gasteiger partial charge < -0.3 is 15.5 Å². The van der Waals surface area contributed by atoms with E-state index in [1.54, 1.807) is 12.1 Å². The summed E-state index contributed by atoms with van der Waals surface area (Å²) in [6, 6.07) is 4.95. The highest BCUT2D eigenvalue weighted by atomic mass is 35.5. The first-order valence-electron chi connectivity index (χ1n) is 7.31. The van der Waals surface area contributed by atoms with E-state index in [9.17, 15) is 4.79 Å². The van der Waals surface area contributed by atoms with Gasteiger partial charge in [-0.2, -0.15) is 0 Å². The number of aromatic nitrogens is 1. The van der Waals surface area contributed by atoms with Gasteiger partial charge in [0.1, 0.15) is 6.26 Å². The molecule has 5 nitrogen and oxygen atoms in total. The van der Waals surface area contributed by atoms with Crippen molar-refractivity contribution in [3.05, 3.63) is 51.7 Å². The van der Waals surface area contributed by atoms with Gasteiger partial charge in [0.05, 0.1) is 6.04 Å². The summed E-state index contributed by atoms with van der Waals surface area (Å²) in [5.74, 6) is 0.239. The number of carbonyl (C=O) groups excluding carboxylic acids is 1. The quantitative estimate of drug-likeness (QED) is 0.829. The fourth-order valence-electron chi connectivity index (χ4n) is 1.96. The van der Waals surface area contributed by atoms with Crippen molar-refractivity contribution in [2.45, 2.75) is 26.3 Å². The molecule has 1 aromatic carbocycles. The smallest absolute Gasteiger partial charge is 0.273 e. The molecule has 0 radical (unpaired) electrons. The Balaban J connectivity index is 1.90. The molecule has 1 unspecified atom stereocenters. The third-order valence-corrected chi connectivity index (χ3v) is 4.04. The van der Waals surface area contributed by atoms with Crippen molar-refractivity contribution in [3.63, 3.8) is 0 Å². The number of rotatable bonds is 6. The Bertz CT molecular complexity index is 686. The molecule has 0 saturated carbocycles. The van der Waals surface area contributed by atoms with Crippen LogP contribution in [0.2, 0.25) is 10.0 Å². The summed E-state index contributed by atoms with van der Waals surface area (Å²) in [4.78, 5) is 16.2. The third-order valence-electron chi connectivity index (χ3n) is 3.45. The number of nitrogens with one attached hydrogen (secondary N) is 1. The Hall–Kier alpha value is -1.56. The largest absolute Gasteiger partial charge is 0.446 e. The van der Waals surface area contributed by atoms with Gasteiger partial charge >= 0.3 is 0 Å². The van der Waals surface area contributed by atoms with Crippen molar-refractivity contribution in [1.82, 2.24) is 10.3 Å². The summed E-state index contributed by atoms with van der Waals surface area (Å²) in [6.45, 7) is 4.35. The number of amides is 1. The number of oxazole rings is 1. The lowest BCUT2D eigenvalue weighted by Gasteiger charge is -2.10. The Morgan fingerprint density at radius 3 is 2.78 bits per heavy atom. The second kappa shape index (κ2) is 7.81. The molecule has 23 heavy (non-hydrogen) atoms. The van der Waals surface area contributed by atoms with E-state index in [4.69, 9.17) is 33.4 Å². The van der Waals surface area contributed by atoms with Gasteiger partial charge in [0.15, 0.2) is 5.69 Å². The van der Waals surface area contributed by atoms with Crippen LogP contribution in [0.4, 0.5) is 0 Å². The summed E-state index contributed by atoms with van der Waals surface area (Å²) in [6.07, 6.45) is 1.92. The first kappa shape index (κ1) is 17.8. The van der Waals surface area contributed by atoms with Crippen LogP contribution >= 0.6 is 23.2 Å². The summed E-state index contributed by atoms with van der Waals surface area (Å²) in [5, 5.41) is 3.94. The number of carbonyl (C=O) groups is 1. The molecule has 2 aromatic rings. The van der Waals surface area contributed by atoms with E-state index in [1.165, 1.54) is 6.26 Å². The molecule has 3 N–H and O–H groups in total. The molecule has 0 spiro atoms. The molecular weight excluding hydrogens is 337 g/mol. The molecule has 0 aliphatic carbocycles. The van der Waals surface area contributed by atoms with Gasteiger partial charge in [-0.05, 0) is 30.0 Å². The number of halogens is 2. The van der Waals surface area contributed by atoms with Crippen molar-refractivity contribution >= 4 is 29.1 Å². The van der Waals surface area contributed by atoms with Gasteiger partial charge in [0.2, 0.25) is 5.89 Å². The molecule has 0 fully saturated rings. The molecule has 1 atom stereocenters. The lowest BCUT2D eigenvalue weighted by Crippen LogP contribution is -2.26. The zero-order valence-corrected chi connectivity index (χ0v) is 14.5. The average Bonchev–Trinajstić information content (AvgIpc) is 2.98. The first-order chi connectivity index (χ1) is 10.9. The molecule has 0 saturated heterocycles. The second-order valence-corrected chi connectivity index (χ2v) is 6.43. The van der Waals surface area contributed by atoms with Crippen molar-refractivity contribution in [2.75, 3.05) is 6.54 Å². The molecule has 0 bridgehead atoms. The van der Waals surface area contributed by atoms with E-state index in [0.717, 1.165) is 5.56 Å². The number of nitrogens with zero attached hydrogens (tertiary/aromatic N) is 1. The number of nitrogens with two attached hydrogens (primary N) is 1. The molecular formula is C16H19Cl2N3O2. The molecule has 2 rings (SSSR count). The lowest BCUT2D eigenvalue weighted by molar-refractivity contribution is 0.0949. The fraction of sp³-hybridized carbons (Fsp3) is 0.375. The van der Waals surface area contributed by atoms with E-state index in [-0.39, 0.29) is 23.6 Å². The highest BCUT2D eigenvalue weighted by molar-refractivity contribution is 6.35. The van der Waals surface area contributed by atoms with Gasteiger partial charge in [0, 0.05) is 16.6 Å². The van der Waals surface area contributed by atoms with E-state index in [1.807, 2.05) is 19.9 Å². The molecule has 7 heteroatoms. The number of benzene rings is 1. The third kappa shape index (κ3) is 4.70. The normalized spacial score (nSPS) is 12.4. The SMILES string of the molecule is CC(C)C(N)c1nc(C(=O)NCCc2ccc(Cl)cc2Cl)co1. The van der Waals surface area contributed by atoms with Crippen molar-refractivity contribution in [1.29, 1.82) is 0 Å². The second-order valence-electron chi connectivity index (χ2n) is 5.58.